The zero-order chi connectivity index (χ0) is 33.2. The Labute approximate surface area is 296 Å². The number of fused-ring (bicyclic) bond motifs is 18. The first-order valence-corrected chi connectivity index (χ1v) is 18.2. The van der Waals surface area contributed by atoms with Crippen molar-refractivity contribution in [1.29, 1.82) is 0 Å². The maximum atomic E-state index is 6.13. The number of thiophene rings is 1. The van der Waals surface area contributed by atoms with Crippen molar-refractivity contribution in [2.45, 2.75) is 0 Å². The lowest BCUT2D eigenvalue weighted by atomic mass is 9.89. The van der Waals surface area contributed by atoms with Crippen LogP contribution >= 0.6 is 11.3 Å². The third kappa shape index (κ3) is 3.65. The Balaban J connectivity index is 1.21. The van der Waals surface area contributed by atoms with Crippen LogP contribution in [0.1, 0.15) is 0 Å². The molecular weight excluding hydrogens is 639 g/mol. The molecule has 0 aliphatic carbocycles. The van der Waals surface area contributed by atoms with Crippen LogP contribution < -0.4 is 0 Å². The summed E-state index contributed by atoms with van der Waals surface area (Å²) in [5.41, 5.74) is 7.85. The summed E-state index contributed by atoms with van der Waals surface area (Å²) in [5, 5.41) is 15.5. The molecule has 0 radical (unpaired) electrons. The number of rotatable bonds is 2. The Hall–Kier alpha value is -6.42. The van der Waals surface area contributed by atoms with Gasteiger partial charge in [0.05, 0.1) is 15.7 Å². The fourth-order valence-corrected chi connectivity index (χ4v) is 10.1. The van der Waals surface area contributed by atoms with Crippen LogP contribution in [0.4, 0.5) is 0 Å². The highest BCUT2D eigenvalue weighted by molar-refractivity contribution is 7.27. The monoisotopic (exact) mass is 665 g/mol. The topological polar surface area (TPSA) is 18.1 Å². The van der Waals surface area contributed by atoms with E-state index in [2.05, 4.69) is 156 Å². The third-order valence-electron chi connectivity index (χ3n) is 11.0. The molecule has 9 aromatic carbocycles. The van der Waals surface area contributed by atoms with Crippen molar-refractivity contribution in [2.75, 3.05) is 0 Å². The molecule has 3 heterocycles. The van der Waals surface area contributed by atoms with Crippen molar-refractivity contribution < 1.29 is 4.42 Å². The van der Waals surface area contributed by atoms with Crippen LogP contribution in [0.5, 0.6) is 0 Å². The van der Waals surface area contributed by atoms with E-state index in [4.69, 9.17) is 4.42 Å². The Bertz CT molecular complexity index is 3410. The molecule has 0 bridgehead atoms. The second-order valence-electron chi connectivity index (χ2n) is 13.6. The number of aromatic nitrogens is 1. The molecule has 0 fully saturated rings. The van der Waals surface area contributed by atoms with Gasteiger partial charge in [-0.3, -0.25) is 0 Å². The van der Waals surface area contributed by atoms with E-state index in [-0.39, 0.29) is 0 Å². The second-order valence-corrected chi connectivity index (χ2v) is 14.6. The number of nitrogens with zero attached hydrogens (tertiary/aromatic N) is 1. The van der Waals surface area contributed by atoms with Gasteiger partial charge in [-0.05, 0) is 75.1 Å². The summed E-state index contributed by atoms with van der Waals surface area (Å²) >= 11 is 1.92. The largest absolute Gasteiger partial charge is 0.456 e. The van der Waals surface area contributed by atoms with E-state index >= 15 is 0 Å². The van der Waals surface area contributed by atoms with E-state index in [1.807, 2.05) is 23.5 Å². The molecule has 3 aromatic heterocycles. The first kappa shape index (κ1) is 27.4. The SMILES string of the molecule is c1ccc2c(c1)oc1ccc(-c3ccc(-n4c5ccccc5c5c6c7ccccc7c7ccccc7c6c6c7ccccc7sc6c54)cc3)cc12. The molecule has 0 saturated heterocycles. The van der Waals surface area contributed by atoms with Crippen LogP contribution in [0.25, 0.3) is 113 Å². The van der Waals surface area contributed by atoms with Crippen molar-refractivity contribution in [2.24, 2.45) is 0 Å². The first-order valence-electron chi connectivity index (χ1n) is 17.4. The van der Waals surface area contributed by atoms with Gasteiger partial charge in [0.2, 0.25) is 0 Å². The number of hydrogen-bond acceptors (Lipinski definition) is 2. The number of para-hydroxylation sites is 2. The Morgan fingerprint density at radius 2 is 0.961 bits per heavy atom. The third-order valence-corrected chi connectivity index (χ3v) is 12.1. The molecule has 0 unspecified atom stereocenters. The second kappa shape index (κ2) is 10.1. The predicted molar refractivity (Wildman–Crippen MR) is 219 cm³/mol. The average molecular weight is 666 g/mol. The van der Waals surface area contributed by atoms with Crippen LogP contribution in [0.3, 0.4) is 0 Å². The number of furan rings is 1. The van der Waals surface area contributed by atoms with Crippen LogP contribution in [0.2, 0.25) is 0 Å². The summed E-state index contributed by atoms with van der Waals surface area (Å²) < 4.78 is 11.3. The van der Waals surface area contributed by atoms with Crippen molar-refractivity contribution in [1.82, 2.24) is 4.57 Å². The maximum absolute atomic E-state index is 6.13. The Kier molecular flexibility index (Phi) is 5.41. The van der Waals surface area contributed by atoms with Crippen LogP contribution in [-0.4, -0.2) is 4.57 Å². The smallest absolute Gasteiger partial charge is 0.135 e. The highest BCUT2D eigenvalue weighted by atomic mass is 32.1. The van der Waals surface area contributed by atoms with Crippen molar-refractivity contribution in [3.63, 3.8) is 0 Å². The zero-order valence-corrected chi connectivity index (χ0v) is 28.2. The van der Waals surface area contributed by atoms with Crippen molar-refractivity contribution >= 4 is 108 Å². The summed E-state index contributed by atoms with van der Waals surface area (Å²) in [6.07, 6.45) is 0. The highest BCUT2D eigenvalue weighted by Gasteiger charge is 2.24. The summed E-state index contributed by atoms with van der Waals surface area (Å²) in [4.78, 5) is 0. The van der Waals surface area contributed by atoms with Gasteiger partial charge in [-0.1, -0.05) is 121 Å². The maximum Gasteiger partial charge on any atom is 0.135 e. The van der Waals surface area contributed by atoms with Gasteiger partial charge in [-0.25, -0.2) is 0 Å². The first-order chi connectivity index (χ1) is 25.3. The molecule has 0 atom stereocenters. The molecule has 12 aromatic rings. The van der Waals surface area contributed by atoms with Crippen LogP contribution in [-0.2, 0) is 0 Å². The normalized spacial score (nSPS) is 12.3. The van der Waals surface area contributed by atoms with Gasteiger partial charge >= 0.3 is 0 Å². The van der Waals surface area contributed by atoms with Crippen LogP contribution in [0.15, 0.2) is 168 Å². The fourth-order valence-electron chi connectivity index (χ4n) is 8.81. The van der Waals surface area contributed by atoms with Gasteiger partial charge in [-0.15, -0.1) is 11.3 Å². The minimum atomic E-state index is 0.918. The van der Waals surface area contributed by atoms with Gasteiger partial charge in [0.1, 0.15) is 11.2 Å². The van der Waals surface area contributed by atoms with Gasteiger partial charge in [0, 0.05) is 53.5 Å². The van der Waals surface area contributed by atoms with E-state index in [9.17, 15) is 0 Å². The van der Waals surface area contributed by atoms with Gasteiger partial charge in [0.25, 0.3) is 0 Å². The van der Waals surface area contributed by atoms with E-state index in [1.165, 1.54) is 85.4 Å². The highest BCUT2D eigenvalue weighted by Crippen LogP contribution is 2.51. The van der Waals surface area contributed by atoms with Gasteiger partial charge in [-0.2, -0.15) is 0 Å². The Morgan fingerprint density at radius 3 is 1.73 bits per heavy atom. The van der Waals surface area contributed by atoms with Gasteiger partial charge < -0.3 is 8.98 Å². The van der Waals surface area contributed by atoms with E-state index in [0.717, 1.165) is 27.6 Å². The average Bonchev–Trinajstić information content (AvgIpc) is 3.88. The number of hydrogen-bond donors (Lipinski definition) is 0. The fraction of sp³-hybridized carbons (Fsp3) is 0. The molecule has 0 aliphatic rings. The summed E-state index contributed by atoms with van der Waals surface area (Å²) in [5.74, 6) is 0. The van der Waals surface area contributed by atoms with Gasteiger partial charge in [0.15, 0.2) is 0 Å². The lowest BCUT2D eigenvalue weighted by Crippen LogP contribution is -1.94. The zero-order valence-electron chi connectivity index (χ0n) is 27.4. The molecule has 0 N–H and O–H groups in total. The standard InChI is InChI=1S/C48H27NOS/c1-3-14-34-31(11-1)32-12-2-4-15-35(32)44-43(34)45-36-16-5-8-18-39(36)49(47(45)48-46(44)37-17-7-10-20-42(37)51-48)30-24-21-28(22-25-30)29-23-26-41-38(27-29)33-13-6-9-19-40(33)50-41/h1-27H. The molecule has 236 valence electrons. The lowest BCUT2D eigenvalue weighted by molar-refractivity contribution is 0.669. The van der Waals surface area contributed by atoms with E-state index in [1.54, 1.807) is 0 Å². The Morgan fingerprint density at radius 1 is 0.392 bits per heavy atom. The molecule has 0 spiro atoms. The molecule has 2 nitrogen and oxygen atoms in total. The minimum Gasteiger partial charge on any atom is -0.456 e. The lowest BCUT2D eigenvalue weighted by Gasteiger charge is -2.15. The van der Waals surface area contributed by atoms with Crippen LogP contribution in [0, 0.1) is 0 Å². The summed E-state index contributed by atoms with van der Waals surface area (Å²) in [6.45, 7) is 0. The predicted octanol–water partition coefficient (Wildman–Crippen LogP) is 14.2. The van der Waals surface area contributed by atoms with E-state index < -0.39 is 0 Å². The minimum absolute atomic E-state index is 0.918. The molecule has 0 aliphatic heterocycles. The van der Waals surface area contributed by atoms with Crippen molar-refractivity contribution in [3.8, 4) is 16.8 Å². The van der Waals surface area contributed by atoms with E-state index in [0.29, 0.717) is 0 Å². The molecular formula is C48H27NOS. The molecule has 3 heteroatoms. The number of benzene rings is 9. The summed E-state index contributed by atoms with van der Waals surface area (Å²) in [6, 6.07) is 59.8. The summed E-state index contributed by atoms with van der Waals surface area (Å²) in [7, 11) is 0. The van der Waals surface area contributed by atoms with Crippen molar-refractivity contribution in [3.05, 3.63) is 164 Å². The molecule has 0 amide bonds. The quantitative estimate of drug-likeness (QED) is 0.168. The molecule has 51 heavy (non-hydrogen) atoms. The molecule has 12 rings (SSSR count). The molecule has 0 saturated carbocycles.